The third kappa shape index (κ3) is 4.55. The molecular weight excluding hydrogens is 373 g/mol. The summed E-state index contributed by atoms with van der Waals surface area (Å²) in [6, 6.07) is 11.8. The first-order valence-electron chi connectivity index (χ1n) is 7.29. The molecule has 1 saturated heterocycles. The Morgan fingerprint density at radius 1 is 1.16 bits per heavy atom. The van der Waals surface area contributed by atoms with E-state index in [1.54, 1.807) is 30.3 Å². The number of nitrogens with one attached hydrogen (secondary N) is 1. The average Bonchev–Trinajstić information content (AvgIpc) is 2.88. The molecule has 0 spiro atoms. The molecule has 1 aliphatic heterocycles. The van der Waals surface area contributed by atoms with Crippen molar-refractivity contribution in [2.45, 2.75) is 17.8 Å². The van der Waals surface area contributed by atoms with Gasteiger partial charge >= 0.3 is 6.18 Å². The number of rotatable bonds is 3. The van der Waals surface area contributed by atoms with Crippen LogP contribution >= 0.6 is 23.4 Å². The quantitative estimate of drug-likeness (QED) is 0.824. The Morgan fingerprint density at radius 3 is 2.56 bits per heavy atom. The van der Waals surface area contributed by atoms with Crippen LogP contribution < -0.4 is 5.32 Å². The summed E-state index contributed by atoms with van der Waals surface area (Å²) in [5.74, 6) is -0.268. The fraction of sp³-hybridized carbons (Fsp3) is 0.176. The van der Waals surface area contributed by atoms with Gasteiger partial charge < -0.3 is 5.32 Å². The lowest BCUT2D eigenvalue weighted by Crippen LogP contribution is -2.26. The van der Waals surface area contributed by atoms with Crippen LogP contribution in [0.5, 0.6) is 0 Å². The van der Waals surface area contributed by atoms with Gasteiger partial charge in [-0.1, -0.05) is 41.6 Å². The number of halogens is 4. The lowest BCUT2D eigenvalue weighted by molar-refractivity contribution is -0.137. The van der Waals surface area contributed by atoms with Crippen molar-refractivity contribution < 1.29 is 18.0 Å². The average molecular weight is 385 g/mol. The van der Waals surface area contributed by atoms with Crippen LogP contribution in [0.25, 0.3) is 0 Å². The zero-order valence-electron chi connectivity index (χ0n) is 12.7. The Hall–Kier alpha value is -1.99. The topological polar surface area (TPSA) is 41.5 Å². The van der Waals surface area contributed by atoms with Gasteiger partial charge in [-0.25, -0.2) is 4.99 Å². The van der Waals surface area contributed by atoms with Gasteiger partial charge in [-0.3, -0.25) is 4.79 Å². The number of thioether (sulfide) groups is 1. The summed E-state index contributed by atoms with van der Waals surface area (Å²) in [5, 5.41) is 3.13. The van der Waals surface area contributed by atoms with Crippen LogP contribution in [0.2, 0.25) is 5.02 Å². The molecule has 25 heavy (non-hydrogen) atoms. The number of carbonyl (C=O) groups is 1. The van der Waals surface area contributed by atoms with Gasteiger partial charge in [0.05, 0.1) is 16.5 Å². The summed E-state index contributed by atoms with van der Waals surface area (Å²) in [6.45, 7) is 0. The van der Waals surface area contributed by atoms with Crippen LogP contribution in [-0.2, 0) is 17.4 Å². The van der Waals surface area contributed by atoms with Gasteiger partial charge in [-0.05, 0) is 42.3 Å². The second kappa shape index (κ2) is 7.09. The van der Waals surface area contributed by atoms with E-state index >= 15 is 0 Å². The highest BCUT2D eigenvalue weighted by Crippen LogP contribution is 2.31. The Labute approximate surface area is 151 Å². The van der Waals surface area contributed by atoms with Gasteiger partial charge in [0, 0.05) is 5.02 Å². The van der Waals surface area contributed by atoms with Crippen molar-refractivity contribution in [2.75, 3.05) is 0 Å². The Morgan fingerprint density at radius 2 is 1.88 bits per heavy atom. The van der Waals surface area contributed by atoms with Crippen molar-refractivity contribution in [3.63, 3.8) is 0 Å². The Bertz CT molecular complexity index is 821. The minimum Gasteiger partial charge on any atom is -0.304 e. The molecule has 1 atom stereocenters. The number of carbonyl (C=O) groups excluding carboxylic acids is 1. The first kappa shape index (κ1) is 17.8. The van der Waals surface area contributed by atoms with Crippen molar-refractivity contribution in [3.05, 3.63) is 64.7 Å². The van der Waals surface area contributed by atoms with E-state index in [0.29, 0.717) is 21.4 Å². The first-order chi connectivity index (χ1) is 11.8. The van der Waals surface area contributed by atoms with Crippen LogP contribution in [0.4, 0.5) is 18.9 Å². The van der Waals surface area contributed by atoms with Crippen molar-refractivity contribution >= 4 is 40.1 Å². The molecule has 0 radical (unpaired) electrons. The fourth-order valence-corrected chi connectivity index (χ4v) is 3.47. The van der Waals surface area contributed by atoms with Gasteiger partial charge in [0.15, 0.2) is 5.17 Å². The molecule has 130 valence electrons. The van der Waals surface area contributed by atoms with Crippen LogP contribution in [0, 0.1) is 0 Å². The largest absolute Gasteiger partial charge is 0.416 e. The number of aliphatic imine (C=N–C) groups is 1. The highest BCUT2D eigenvalue weighted by atomic mass is 35.5. The number of amidine groups is 1. The number of benzene rings is 2. The molecular formula is C17H12ClF3N2OS. The van der Waals surface area contributed by atoms with Gasteiger partial charge in [-0.15, -0.1) is 0 Å². The molecule has 8 heteroatoms. The second-order valence-corrected chi connectivity index (χ2v) is 7.02. The van der Waals surface area contributed by atoms with E-state index in [4.69, 9.17) is 11.6 Å². The maximum atomic E-state index is 12.8. The molecule has 1 heterocycles. The molecule has 2 aromatic rings. The SMILES string of the molecule is O=C1NC(=Nc2ccc(Cl)cc2)S[C@H]1Cc1cccc(C(F)(F)F)c1. The summed E-state index contributed by atoms with van der Waals surface area (Å²) < 4.78 is 38.3. The number of amides is 1. The fourth-order valence-electron chi connectivity index (χ4n) is 2.31. The third-order valence-corrected chi connectivity index (χ3v) is 4.84. The molecule has 0 unspecified atom stereocenters. The van der Waals surface area contributed by atoms with Crippen LogP contribution in [-0.4, -0.2) is 16.3 Å². The van der Waals surface area contributed by atoms with E-state index in [1.165, 1.54) is 17.8 Å². The van der Waals surface area contributed by atoms with E-state index < -0.39 is 17.0 Å². The van der Waals surface area contributed by atoms with E-state index in [2.05, 4.69) is 10.3 Å². The summed E-state index contributed by atoms with van der Waals surface area (Å²) in [5.41, 5.74) is 0.366. The number of alkyl halides is 3. The molecule has 3 rings (SSSR count). The maximum absolute atomic E-state index is 12.8. The van der Waals surface area contributed by atoms with Crippen molar-refractivity contribution in [2.24, 2.45) is 4.99 Å². The molecule has 1 N–H and O–H groups in total. The van der Waals surface area contributed by atoms with E-state index in [9.17, 15) is 18.0 Å². The first-order valence-corrected chi connectivity index (χ1v) is 8.55. The highest BCUT2D eigenvalue weighted by Gasteiger charge is 2.33. The van der Waals surface area contributed by atoms with Crippen LogP contribution in [0.3, 0.4) is 0 Å². The second-order valence-electron chi connectivity index (χ2n) is 5.39. The number of hydrogen-bond acceptors (Lipinski definition) is 3. The number of nitrogens with zero attached hydrogens (tertiary/aromatic N) is 1. The molecule has 0 aromatic heterocycles. The van der Waals surface area contributed by atoms with Gasteiger partial charge in [0.25, 0.3) is 0 Å². The highest BCUT2D eigenvalue weighted by molar-refractivity contribution is 8.15. The molecule has 2 aromatic carbocycles. The minimum absolute atomic E-state index is 0.195. The van der Waals surface area contributed by atoms with Crippen LogP contribution in [0.1, 0.15) is 11.1 Å². The molecule has 0 saturated carbocycles. The monoisotopic (exact) mass is 384 g/mol. The predicted molar refractivity (Wildman–Crippen MR) is 93.2 cm³/mol. The number of hydrogen-bond donors (Lipinski definition) is 1. The maximum Gasteiger partial charge on any atom is 0.416 e. The third-order valence-electron chi connectivity index (χ3n) is 3.51. The summed E-state index contributed by atoms with van der Waals surface area (Å²) in [7, 11) is 0. The smallest absolute Gasteiger partial charge is 0.304 e. The molecule has 1 fully saturated rings. The summed E-state index contributed by atoms with van der Waals surface area (Å²) in [6.07, 6.45) is -4.21. The standard InChI is InChI=1S/C17H12ClF3N2OS/c18-12-4-6-13(7-5-12)22-16-23-15(24)14(25-16)9-10-2-1-3-11(8-10)17(19,20)21/h1-8,14H,9H2,(H,22,23,24)/t14-/m0/s1. The molecule has 1 aliphatic rings. The minimum atomic E-state index is -4.40. The van der Waals surface area contributed by atoms with E-state index in [-0.39, 0.29) is 12.3 Å². The molecule has 0 aliphatic carbocycles. The van der Waals surface area contributed by atoms with Crippen LogP contribution in [0.15, 0.2) is 53.5 Å². The lowest BCUT2D eigenvalue weighted by Gasteiger charge is -2.10. The predicted octanol–water partition coefficient (Wildman–Crippen LogP) is 4.82. The van der Waals surface area contributed by atoms with E-state index in [1.807, 2.05) is 0 Å². The van der Waals surface area contributed by atoms with Crippen molar-refractivity contribution in [1.82, 2.24) is 5.32 Å². The molecule has 3 nitrogen and oxygen atoms in total. The van der Waals surface area contributed by atoms with Gasteiger partial charge in [-0.2, -0.15) is 13.2 Å². The Balaban J connectivity index is 1.72. The normalized spacial score (nSPS) is 19.3. The van der Waals surface area contributed by atoms with Crippen molar-refractivity contribution in [3.8, 4) is 0 Å². The van der Waals surface area contributed by atoms with Gasteiger partial charge in [0.1, 0.15) is 0 Å². The lowest BCUT2D eigenvalue weighted by atomic mass is 10.1. The summed E-state index contributed by atoms with van der Waals surface area (Å²) in [4.78, 5) is 16.4. The van der Waals surface area contributed by atoms with Crippen molar-refractivity contribution in [1.29, 1.82) is 0 Å². The summed E-state index contributed by atoms with van der Waals surface area (Å²) >= 11 is 7.01. The molecule has 1 amide bonds. The zero-order chi connectivity index (χ0) is 18.0. The molecule has 0 bridgehead atoms. The zero-order valence-corrected chi connectivity index (χ0v) is 14.3. The van der Waals surface area contributed by atoms with E-state index in [0.717, 1.165) is 12.1 Å². The van der Waals surface area contributed by atoms with Gasteiger partial charge in [0.2, 0.25) is 5.91 Å². The Kier molecular flexibility index (Phi) is 5.06.